The third kappa shape index (κ3) is 11.6. The van der Waals surface area contributed by atoms with E-state index in [0.717, 1.165) is 18.2 Å². The summed E-state index contributed by atoms with van der Waals surface area (Å²) in [6.07, 6.45) is -1.24. The van der Waals surface area contributed by atoms with E-state index in [2.05, 4.69) is 37.3 Å². The minimum Gasteiger partial charge on any atom is -0.453 e. The van der Waals surface area contributed by atoms with Crippen LogP contribution in [0.4, 0.5) is 52.5 Å². The molecule has 0 aromatic heterocycles. The fraction of sp³-hybridized carbons (Fsp3) is 0.262. The topological polar surface area (TPSA) is 165 Å². The van der Waals surface area contributed by atoms with Crippen molar-refractivity contribution in [2.45, 2.75) is 26.3 Å². The number of halogens is 2. The molecular weight excluding hydrogens is 799 g/mol. The van der Waals surface area contributed by atoms with E-state index in [1.807, 2.05) is 24.0 Å². The summed E-state index contributed by atoms with van der Waals surface area (Å²) in [6, 6.07) is 23.1. The Morgan fingerprint density at radius 2 is 1.20 bits per heavy atom. The summed E-state index contributed by atoms with van der Waals surface area (Å²) >= 11 is 1.14. The number of benzene rings is 4. The lowest BCUT2D eigenvalue weighted by Crippen LogP contribution is -2.46. The highest BCUT2D eigenvalue weighted by Crippen LogP contribution is 2.44. The molecule has 18 heteroatoms. The van der Waals surface area contributed by atoms with Gasteiger partial charge >= 0.3 is 12.2 Å². The lowest BCUT2D eigenvalue weighted by molar-refractivity contribution is -0.124. The molecule has 0 bridgehead atoms. The number of ether oxygens (including phenoxy) is 2. The van der Waals surface area contributed by atoms with Gasteiger partial charge in [0.15, 0.2) is 0 Å². The van der Waals surface area contributed by atoms with Gasteiger partial charge in [0.1, 0.15) is 24.7 Å². The van der Waals surface area contributed by atoms with Gasteiger partial charge in [0.2, 0.25) is 17.7 Å². The summed E-state index contributed by atoms with van der Waals surface area (Å²) in [5.41, 5.74) is 4.33. The number of nitrogens with one attached hydrogen (secondary N) is 4. The molecule has 4 aromatic rings. The number of anilines is 6. The first kappa shape index (κ1) is 44.3. The van der Waals surface area contributed by atoms with E-state index >= 15 is 0 Å². The second-order valence-electron chi connectivity index (χ2n) is 13.2. The summed E-state index contributed by atoms with van der Waals surface area (Å²) in [7, 11) is 2.51. The summed E-state index contributed by atoms with van der Waals surface area (Å²) < 4.78 is 41.3. The summed E-state index contributed by atoms with van der Waals surface area (Å²) in [5, 5.41) is 10.8. The molecule has 1 aliphatic heterocycles. The molecule has 4 N–H and O–H groups in total. The second kappa shape index (κ2) is 20.7. The molecule has 0 radical (unpaired) electrons. The number of carbonyl (C=O) groups is 5. The number of methoxy groups -OCH3 is 2. The van der Waals surface area contributed by atoms with Crippen molar-refractivity contribution in [3.63, 3.8) is 0 Å². The van der Waals surface area contributed by atoms with Crippen LogP contribution in [0.25, 0.3) is 0 Å². The van der Waals surface area contributed by atoms with Gasteiger partial charge in [-0.3, -0.25) is 33.6 Å². The Labute approximate surface area is 350 Å². The van der Waals surface area contributed by atoms with Crippen LogP contribution >= 0.6 is 12.1 Å². The van der Waals surface area contributed by atoms with E-state index in [1.165, 1.54) is 31.3 Å². The summed E-state index contributed by atoms with van der Waals surface area (Å²) in [4.78, 5) is 66.8. The van der Waals surface area contributed by atoms with Crippen molar-refractivity contribution in [3.8, 4) is 0 Å². The quantitative estimate of drug-likeness (QED) is 0.0865. The van der Waals surface area contributed by atoms with Gasteiger partial charge in [-0.2, -0.15) is 0 Å². The van der Waals surface area contributed by atoms with Gasteiger partial charge in [0.25, 0.3) is 0 Å². The molecule has 4 aromatic carbocycles. The predicted octanol–water partition coefficient (Wildman–Crippen LogP) is 6.45. The molecule has 0 aliphatic carbocycles. The Kier molecular flexibility index (Phi) is 15.3. The largest absolute Gasteiger partial charge is 0.453 e. The minimum absolute atomic E-state index is 0.0137. The molecule has 316 valence electrons. The monoisotopic (exact) mass is 844 g/mol. The maximum Gasteiger partial charge on any atom is 0.411 e. The summed E-state index contributed by atoms with van der Waals surface area (Å²) in [6.45, 7) is 8.15. The van der Waals surface area contributed by atoms with Crippen molar-refractivity contribution >= 4 is 76.2 Å². The van der Waals surface area contributed by atoms with Gasteiger partial charge in [-0.05, 0) is 98.6 Å². The van der Waals surface area contributed by atoms with E-state index in [1.54, 1.807) is 76.2 Å². The average Bonchev–Trinajstić information content (AvgIpc) is 3.56. The van der Waals surface area contributed by atoms with Crippen molar-refractivity contribution in [3.05, 3.63) is 120 Å². The lowest BCUT2D eigenvalue weighted by atomic mass is 10.0. The highest BCUT2D eigenvalue weighted by atomic mass is 32.2. The van der Waals surface area contributed by atoms with Crippen LogP contribution in [0.3, 0.4) is 0 Å². The van der Waals surface area contributed by atoms with Crippen LogP contribution < -0.4 is 39.7 Å². The summed E-state index contributed by atoms with van der Waals surface area (Å²) in [5.74, 6) is -2.73. The number of hydrogen-bond donors (Lipinski definition) is 4. The highest BCUT2D eigenvalue weighted by molar-refractivity contribution is 8.02. The van der Waals surface area contributed by atoms with E-state index in [9.17, 15) is 32.8 Å². The van der Waals surface area contributed by atoms with E-state index in [-0.39, 0.29) is 32.0 Å². The zero-order valence-electron chi connectivity index (χ0n) is 33.5. The number of amides is 5. The van der Waals surface area contributed by atoms with Gasteiger partial charge in [-0.25, -0.2) is 18.4 Å². The standard InChI is InChI=1S/C42H46F2N8O7S/c1-6-49(33-16-12-31(13-17-33)46-41(56)58-4)27(3)35(22-28-20-29(43)23-30(44)21-28)48-39(54)26-52-37-11-9-8-10-36(37)51(60-52)25-38(53)45-24-40(55)50(7-2)34-18-14-32(15-19-34)47-42(57)59-5/h8-21,23,35H,3,6-7,22,24-26H2,1-2,4-5H3,(H,45,53)(H,46,56)(H,47,57)(H,48,54). The van der Waals surface area contributed by atoms with Crippen LogP contribution in [0.2, 0.25) is 0 Å². The Morgan fingerprint density at radius 1 is 0.717 bits per heavy atom. The number of hydrogen-bond acceptors (Lipinski definition) is 11. The molecule has 15 nitrogen and oxygen atoms in total. The first-order valence-electron chi connectivity index (χ1n) is 18.8. The van der Waals surface area contributed by atoms with E-state index < -0.39 is 41.7 Å². The fourth-order valence-electron chi connectivity index (χ4n) is 6.39. The van der Waals surface area contributed by atoms with E-state index in [0.29, 0.717) is 58.5 Å². The molecule has 5 amide bonds. The van der Waals surface area contributed by atoms with Crippen LogP contribution in [0.15, 0.2) is 103 Å². The maximum atomic E-state index is 14.3. The molecule has 60 heavy (non-hydrogen) atoms. The number of nitrogens with zero attached hydrogens (tertiary/aromatic N) is 4. The molecule has 0 fully saturated rings. The molecular formula is C42H46F2N8O7S. The number of fused-ring (bicyclic) bond motifs is 1. The van der Waals surface area contributed by atoms with Crippen LogP contribution in [-0.2, 0) is 30.3 Å². The zero-order chi connectivity index (χ0) is 43.3. The van der Waals surface area contributed by atoms with Crippen LogP contribution in [0.5, 0.6) is 0 Å². The van der Waals surface area contributed by atoms with Crippen LogP contribution in [-0.4, -0.2) is 82.9 Å². The molecule has 0 spiro atoms. The van der Waals surface area contributed by atoms with Crippen molar-refractivity contribution in [1.82, 2.24) is 10.6 Å². The van der Waals surface area contributed by atoms with E-state index in [4.69, 9.17) is 0 Å². The van der Waals surface area contributed by atoms with Crippen molar-refractivity contribution in [1.29, 1.82) is 0 Å². The van der Waals surface area contributed by atoms with Crippen LogP contribution in [0.1, 0.15) is 19.4 Å². The van der Waals surface area contributed by atoms with Crippen molar-refractivity contribution in [2.24, 2.45) is 0 Å². The minimum atomic E-state index is -0.814. The normalized spacial score (nSPS) is 12.1. The molecule has 1 atom stereocenters. The van der Waals surface area contributed by atoms with Gasteiger partial charge in [-0.15, -0.1) is 0 Å². The molecule has 5 rings (SSSR count). The second-order valence-corrected chi connectivity index (χ2v) is 14.3. The number of rotatable bonds is 17. The predicted molar refractivity (Wildman–Crippen MR) is 229 cm³/mol. The highest BCUT2D eigenvalue weighted by Gasteiger charge is 2.31. The lowest BCUT2D eigenvalue weighted by Gasteiger charge is -2.32. The van der Waals surface area contributed by atoms with Gasteiger partial charge in [-0.1, -0.05) is 18.7 Å². The first-order chi connectivity index (χ1) is 28.8. The third-order valence-corrected chi connectivity index (χ3v) is 10.3. The Hall–Kier alpha value is -6.82. The third-order valence-electron chi connectivity index (χ3n) is 9.23. The molecule has 1 unspecified atom stereocenters. The van der Waals surface area contributed by atoms with Gasteiger partial charge < -0.3 is 29.9 Å². The Morgan fingerprint density at radius 3 is 1.68 bits per heavy atom. The van der Waals surface area contributed by atoms with Crippen molar-refractivity contribution < 1.29 is 42.2 Å². The number of para-hydroxylation sites is 2. The van der Waals surface area contributed by atoms with Gasteiger partial charge in [0.05, 0.1) is 50.3 Å². The maximum absolute atomic E-state index is 14.3. The van der Waals surface area contributed by atoms with Gasteiger partial charge in [0, 0.05) is 47.6 Å². The Bertz CT molecular complexity index is 2180. The molecule has 0 saturated heterocycles. The molecule has 0 saturated carbocycles. The van der Waals surface area contributed by atoms with Crippen LogP contribution in [0, 0.1) is 11.6 Å². The molecule has 1 heterocycles. The fourth-order valence-corrected chi connectivity index (χ4v) is 7.47. The number of likely N-dealkylation sites (N-methyl/N-ethyl adjacent to an activating group) is 2. The number of carbonyl (C=O) groups excluding carboxylic acids is 5. The molecule has 1 aliphatic rings. The average molecular weight is 845 g/mol. The SMILES string of the molecule is C=C(C(Cc1cc(F)cc(F)c1)NC(=O)CN1SN(CC(=O)NCC(=O)N(CC)c2ccc(NC(=O)OC)cc2)c2ccccc21)N(CC)c1ccc(NC(=O)OC)cc1. The zero-order valence-corrected chi connectivity index (χ0v) is 34.3. The Balaban J connectivity index is 1.24. The smallest absolute Gasteiger partial charge is 0.411 e. The van der Waals surface area contributed by atoms with Crippen molar-refractivity contribution in [2.75, 3.05) is 76.0 Å². The first-order valence-corrected chi connectivity index (χ1v) is 19.5.